The van der Waals surface area contributed by atoms with Crippen molar-refractivity contribution in [3.05, 3.63) is 473 Å². The molecule has 6 aromatic heterocycles. The number of hydrogen-bond donors (Lipinski definition) is 0. The molecule has 0 saturated carbocycles. The van der Waals surface area contributed by atoms with E-state index in [0.29, 0.717) is 5.82 Å². The highest BCUT2D eigenvalue weighted by atomic mass is 15.0. The van der Waals surface area contributed by atoms with E-state index in [-0.39, 0.29) is 0 Å². The average Bonchev–Trinajstić information content (AvgIpc) is 1.63. The fourth-order valence-corrected chi connectivity index (χ4v) is 17.1. The van der Waals surface area contributed by atoms with E-state index in [1.807, 2.05) is 60.7 Å². The number of para-hydroxylation sites is 6. The standard InChI is InChI=1S/C46H31N3.C35H24N2.C34H23N3/c1-3-11-32(12-4-1)34-19-23-36(24-20-34)42-31-43(48-46(47-42)38-25-21-35(22-26-38)33-13-5-2-6-14-33)37-27-29-39(30-28-37)49-44-17-9-7-15-40(44)41-16-8-10-18-45(41)49;1-3-12-25(13-4-1)32-23-28(24-33(36-32)26-14-5-2-6-15-26)27-16-11-17-29(22-27)37-34-20-9-7-18-30(34)31-19-8-10-21-35(31)37;1-3-12-24(13-4-1)30-23-31(36-34(35-30)25-14-5-2-6-15-25)26-16-11-17-27(22-26)37-32-20-9-7-18-28(32)29-19-8-10-21-33(29)37/h1-31H;1-24H;1-23H. The maximum atomic E-state index is 5.14. The van der Waals surface area contributed by atoms with E-state index in [0.717, 1.165) is 118 Å². The second-order valence-corrected chi connectivity index (χ2v) is 30.7. The van der Waals surface area contributed by atoms with Crippen LogP contribution in [0, 0.1) is 0 Å². The first-order valence-corrected chi connectivity index (χ1v) is 41.6. The maximum absolute atomic E-state index is 5.14. The first-order chi connectivity index (χ1) is 61.0. The Hall–Kier alpha value is -16.6. The van der Waals surface area contributed by atoms with E-state index in [1.165, 1.54) is 82.1 Å². The van der Waals surface area contributed by atoms with Crippen LogP contribution in [0.3, 0.4) is 0 Å². The van der Waals surface area contributed by atoms with Gasteiger partial charge in [-0.1, -0.05) is 376 Å². The van der Waals surface area contributed by atoms with Gasteiger partial charge >= 0.3 is 0 Å². The van der Waals surface area contributed by atoms with Crippen molar-refractivity contribution in [2.45, 2.75) is 0 Å². The highest BCUT2D eigenvalue weighted by Gasteiger charge is 2.20. The molecular formula is C115H78N8. The lowest BCUT2D eigenvalue weighted by Crippen LogP contribution is -1.97. The monoisotopic (exact) mass is 1570 g/mol. The lowest BCUT2D eigenvalue weighted by atomic mass is 9.99. The third-order valence-electron chi connectivity index (χ3n) is 23.1. The Morgan fingerprint density at radius 2 is 0.341 bits per heavy atom. The smallest absolute Gasteiger partial charge is 0.160 e. The van der Waals surface area contributed by atoms with Crippen molar-refractivity contribution in [1.29, 1.82) is 0 Å². The first-order valence-electron chi connectivity index (χ1n) is 41.6. The molecule has 0 radical (unpaired) electrons. The number of fused-ring (bicyclic) bond motifs is 9. The van der Waals surface area contributed by atoms with Gasteiger partial charge in [-0.05, 0) is 130 Å². The molecule has 8 nitrogen and oxygen atoms in total. The Kier molecular flexibility index (Phi) is 19.9. The second kappa shape index (κ2) is 33.1. The van der Waals surface area contributed by atoms with Crippen LogP contribution in [0.25, 0.3) is 206 Å². The Bertz CT molecular complexity index is 7080. The molecule has 0 N–H and O–H groups in total. The van der Waals surface area contributed by atoms with Crippen LogP contribution >= 0.6 is 0 Å². The minimum Gasteiger partial charge on any atom is -0.309 e. The quantitative estimate of drug-likeness (QED) is 0.108. The van der Waals surface area contributed by atoms with Crippen molar-refractivity contribution in [2.24, 2.45) is 0 Å². The lowest BCUT2D eigenvalue weighted by molar-refractivity contribution is 1.16. The van der Waals surface area contributed by atoms with Crippen molar-refractivity contribution in [2.75, 3.05) is 0 Å². The predicted octanol–water partition coefficient (Wildman–Crippen LogP) is 29.7. The fourth-order valence-electron chi connectivity index (χ4n) is 17.1. The van der Waals surface area contributed by atoms with Gasteiger partial charge in [-0.15, -0.1) is 0 Å². The molecule has 6 heterocycles. The molecule has 23 aromatic rings. The van der Waals surface area contributed by atoms with E-state index < -0.39 is 0 Å². The Labute approximate surface area is 713 Å². The summed E-state index contributed by atoms with van der Waals surface area (Å²) in [5, 5.41) is 7.55. The van der Waals surface area contributed by atoms with Gasteiger partial charge in [0.25, 0.3) is 0 Å². The zero-order valence-corrected chi connectivity index (χ0v) is 67.1. The van der Waals surface area contributed by atoms with Gasteiger partial charge in [0.2, 0.25) is 0 Å². The number of rotatable bonds is 14. The van der Waals surface area contributed by atoms with Gasteiger partial charge in [0.1, 0.15) is 0 Å². The van der Waals surface area contributed by atoms with Crippen LogP contribution in [0.1, 0.15) is 0 Å². The molecule has 0 aliphatic heterocycles. The zero-order chi connectivity index (χ0) is 81.8. The van der Waals surface area contributed by atoms with E-state index in [4.69, 9.17) is 24.9 Å². The van der Waals surface area contributed by atoms with Gasteiger partial charge in [-0.3, -0.25) is 0 Å². The van der Waals surface area contributed by atoms with Gasteiger partial charge in [-0.2, -0.15) is 0 Å². The molecule has 0 fully saturated rings. The van der Waals surface area contributed by atoms with Crippen LogP contribution in [0.4, 0.5) is 0 Å². The highest BCUT2D eigenvalue weighted by Crippen LogP contribution is 2.40. The SMILES string of the molecule is c1ccc(-c2cc(-c3cccc(-n4c5ccccc5c5ccccc54)c3)cc(-c3ccccc3)n2)cc1.c1ccc(-c2cc(-c3cccc(-n4c5ccccc5c5ccccc54)c3)nc(-c3ccccc3)n2)cc1.c1ccc(-c2ccc(-c3cc(-c4ccc(-n5c6ccccc6c6ccccc65)cc4)nc(-c4ccc(-c5ccccc5)cc4)n3)cc2)cc1. The molecule has 0 unspecified atom stereocenters. The molecule has 0 aliphatic carbocycles. The van der Waals surface area contributed by atoms with Crippen LogP contribution in [0.15, 0.2) is 473 Å². The predicted molar refractivity (Wildman–Crippen MR) is 511 cm³/mol. The molecule has 17 aromatic carbocycles. The summed E-state index contributed by atoms with van der Waals surface area (Å²) < 4.78 is 7.05. The third kappa shape index (κ3) is 14.9. The fraction of sp³-hybridized carbons (Fsp3) is 0. The van der Waals surface area contributed by atoms with Gasteiger partial charge in [0.15, 0.2) is 11.6 Å². The van der Waals surface area contributed by atoms with Crippen molar-refractivity contribution < 1.29 is 0 Å². The first kappa shape index (κ1) is 74.0. The number of nitrogens with zero attached hydrogens (tertiary/aromatic N) is 8. The number of pyridine rings is 1. The molecule has 0 spiro atoms. The van der Waals surface area contributed by atoms with Crippen molar-refractivity contribution in [3.8, 4) is 141 Å². The molecule has 8 heteroatoms. The summed E-state index contributed by atoms with van der Waals surface area (Å²) in [4.78, 5) is 25.3. The molecule has 0 aliphatic rings. The summed E-state index contributed by atoms with van der Waals surface area (Å²) in [7, 11) is 0. The summed E-state index contributed by atoms with van der Waals surface area (Å²) in [6, 6.07) is 166. The van der Waals surface area contributed by atoms with Crippen molar-refractivity contribution >= 4 is 65.4 Å². The highest BCUT2D eigenvalue weighted by molar-refractivity contribution is 6.11. The van der Waals surface area contributed by atoms with Gasteiger partial charge in [0, 0.05) is 93.9 Å². The molecule has 0 atom stereocenters. The van der Waals surface area contributed by atoms with Crippen LogP contribution in [-0.2, 0) is 0 Å². The summed E-state index contributed by atoms with van der Waals surface area (Å²) >= 11 is 0. The van der Waals surface area contributed by atoms with E-state index in [9.17, 15) is 0 Å². The minimum atomic E-state index is 0.700. The third-order valence-corrected chi connectivity index (χ3v) is 23.1. The molecule has 0 amide bonds. The van der Waals surface area contributed by atoms with E-state index in [2.05, 4.69) is 426 Å². The molecule has 123 heavy (non-hydrogen) atoms. The lowest BCUT2D eigenvalue weighted by Gasteiger charge is -2.13. The summed E-state index contributed by atoms with van der Waals surface area (Å²) in [6.45, 7) is 0. The molecule has 0 bridgehead atoms. The molecular weight excluding hydrogens is 1490 g/mol. The molecule has 578 valence electrons. The second-order valence-electron chi connectivity index (χ2n) is 30.7. The average molecular weight is 1570 g/mol. The van der Waals surface area contributed by atoms with Crippen LogP contribution in [0.2, 0.25) is 0 Å². The Morgan fingerprint density at radius 3 is 0.691 bits per heavy atom. The largest absolute Gasteiger partial charge is 0.309 e. The normalized spacial score (nSPS) is 11.3. The molecule has 0 saturated heterocycles. The summed E-state index contributed by atoms with van der Waals surface area (Å²) in [5.41, 5.74) is 31.5. The maximum Gasteiger partial charge on any atom is 0.160 e. The summed E-state index contributed by atoms with van der Waals surface area (Å²) in [5.74, 6) is 1.42. The van der Waals surface area contributed by atoms with Crippen molar-refractivity contribution in [1.82, 2.24) is 38.6 Å². The molecule has 23 rings (SSSR count). The minimum absolute atomic E-state index is 0.700. The van der Waals surface area contributed by atoms with Crippen LogP contribution in [0.5, 0.6) is 0 Å². The van der Waals surface area contributed by atoms with E-state index >= 15 is 0 Å². The Morgan fingerprint density at radius 1 is 0.122 bits per heavy atom. The van der Waals surface area contributed by atoms with Gasteiger partial charge in [0.05, 0.1) is 67.3 Å². The van der Waals surface area contributed by atoms with Crippen molar-refractivity contribution in [3.63, 3.8) is 0 Å². The van der Waals surface area contributed by atoms with Crippen LogP contribution < -0.4 is 0 Å². The number of benzene rings is 17. The van der Waals surface area contributed by atoms with Crippen LogP contribution in [-0.4, -0.2) is 38.6 Å². The topological polar surface area (TPSA) is 79.2 Å². The zero-order valence-electron chi connectivity index (χ0n) is 67.1. The summed E-state index contributed by atoms with van der Waals surface area (Å²) in [6.07, 6.45) is 0. The Balaban J connectivity index is 0.000000115. The van der Waals surface area contributed by atoms with Gasteiger partial charge < -0.3 is 13.7 Å². The van der Waals surface area contributed by atoms with E-state index in [1.54, 1.807) is 0 Å². The number of aromatic nitrogens is 8. The number of hydrogen-bond acceptors (Lipinski definition) is 5. The van der Waals surface area contributed by atoms with Gasteiger partial charge in [-0.25, -0.2) is 24.9 Å².